The molecule has 0 unspecified atom stereocenters. The highest BCUT2D eigenvalue weighted by Crippen LogP contribution is 2.32. The first-order valence-electron chi connectivity index (χ1n) is 7.55. The first kappa shape index (κ1) is 13.5. The number of aromatic amines is 1. The molecule has 0 aliphatic heterocycles. The SMILES string of the molecule is c1ccc(Oc2cc[nH]c2Nc2cccc3ccccc23)cc1. The highest BCUT2D eigenvalue weighted by atomic mass is 16.5. The van der Waals surface area contributed by atoms with E-state index in [0.29, 0.717) is 0 Å². The Morgan fingerprint density at radius 2 is 1.52 bits per heavy atom. The number of ether oxygens (including phenoxy) is 1. The Kier molecular flexibility index (Phi) is 3.45. The Bertz CT molecular complexity index is 923. The van der Waals surface area contributed by atoms with Gasteiger partial charge in [0.1, 0.15) is 5.75 Å². The molecule has 4 aromatic rings. The lowest BCUT2D eigenvalue weighted by Gasteiger charge is -2.11. The van der Waals surface area contributed by atoms with Crippen LogP contribution in [0, 0.1) is 0 Å². The lowest BCUT2D eigenvalue weighted by Crippen LogP contribution is -1.94. The molecule has 3 aromatic carbocycles. The van der Waals surface area contributed by atoms with Crippen LogP contribution in [0.3, 0.4) is 0 Å². The van der Waals surface area contributed by atoms with Gasteiger partial charge in [-0.15, -0.1) is 0 Å². The molecular formula is C20H16N2O. The Morgan fingerprint density at radius 1 is 0.739 bits per heavy atom. The molecule has 3 heteroatoms. The van der Waals surface area contributed by atoms with Gasteiger partial charge in [0.25, 0.3) is 0 Å². The van der Waals surface area contributed by atoms with Gasteiger partial charge < -0.3 is 15.0 Å². The van der Waals surface area contributed by atoms with Gasteiger partial charge in [-0.3, -0.25) is 0 Å². The molecule has 2 N–H and O–H groups in total. The van der Waals surface area contributed by atoms with Crippen molar-refractivity contribution in [3.8, 4) is 11.5 Å². The van der Waals surface area contributed by atoms with Crippen LogP contribution in [-0.2, 0) is 0 Å². The van der Waals surface area contributed by atoms with Crippen molar-refractivity contribution >= 4 is 22.3 Å². The van der Waals surface area contributed by atoms with E-state index in [2.05, 4.69) is 34.6 Å². The van der Waals surface area contributed by atoms with Gasteiger partial charge in [0, 0.05) is 23.3 Å². The van der Waals surface area contributed by atoms with Crippen LogP contribution in [0.4, 0.5) is 11.5 Å². The smallest absolute Gasteiger partial charge is 0.169 e. The summed E-state index contributed by atoms with van der Waals surface area (Å²) in [5, 5.41) is 5.81. The zero-order valence-electron chi connectivity index (χ0n) is 12.5. The maximum atomic E-state index is 5.94. The normalized spacial score (nSPS) is 10.6. The molecule has 1 heterocycles. The molecule has 0 saturated carbocycles. The number of rotatable bonds is 4. The second-order valence-corrected chi connectivity index (χ2v) is 5.28. The van der Waals surface area contributed by atoms with Gasteiger partial charge in [-0.05, 0) is 23.6 Å². The van der Waals surface area contributed by atoms with E-state index in [0.717, 1.165) is 23.0 Å². The summed E-state index contributed by atoms with van der Waals surface area (Å²) in [4.78, 5) is 3.20. The van der Waals surface area contributed by atoms with Gasteiger partial charge in [0.15, 0.2) is 11.6 Å². The minimum Gasteiger partial charge on any atom is -0.453 e. The number of benzene rings is 3. The fourth-order valence-electron chi connectivity index (χ4n) is 2.62. The number of para-hydroxylation sites is 1. The predicted molar refractivity (Wildman–Crippen MR) is 94.5 cm³/mol. The first-order valence-corrected chi connectivity index (χ1v) is 7.55. The maximum absolute atomic E-state index is 5.94. The van der Waals surface area contributed by atoms with Crippen molar-refractivity contribution in [2.75, 3.05) is 5.32 Å². The fourth-order valence-corrected chi connectivity index (χ4v) is 2.62. The third-order valence-corrected chi connectivity index (χ3v) is 3.73. The standard InChI is InChI=1S/C20H16N2O/c1-2-9-16(10-3-1)23-19-13-14-21-20(19)22-18-12-6-8-15-7-4-5-11-17(15)18/h1-14,21-22H. The molecule has 1 aromatic heterocycles. The molecule has 0 aliphatic rings. The minimum atomic E-state index is 0.768. The van der Waals surface area contributed by atoms with E-state index in [1.54, 1.807) is 0 Å². The van der Waals surface area contributed by atoms with Gasteiger partial charge in [-0.2, -0.15) is 0 Å². The van der Waals surface area contributed by atoms with Crippen molar-refractivity contribution in [1.82, 2.24) is 4.98 Å². The lowest BCUT2D eigenvalue weighted by molar-refractivity contribution is 0.486. The van der Waals surface area contributed by atoms with E-state index < -0.39 is 0 Å². The van der Waals surface area contributed by atoms with Crippen LogP contribution in [0.2, 0.25) is 0 Å². The van der Waals surface area contributed by atoms with E-state index in [9.17, 15) is 0 Å². The zero-order valence-corrected chi connectivity index (χ0v) is 12.5. The van der Waals surface area contributed by atoms with Crippen molar-refractivity contribution in [1.29, 1.82) is 0 Å². The first-order chi connectivity index (χ1) is 11.4. The van der Waals surface area contributed by atoms with Gasteiger partial charge in [-0.25, -0.2) is 0 Å². The molecular weight excluding hydrogens is 284 g/mol. The summed E-state index contributed by atoms with van der Waals surface area (Å²) in [7, 11) is 0. The fraction of sp³-hybridized carbons (Fsp3) is 0. The summed E-state index contributed by atoms with van der Waals surface area (Å²) in [5.41, 5.74) is 1.04. The van der Waals surface area contributed by atoms with E-state index >= 15 is 0 Å². The van der Waals surface area contributed by atoms with Crippen LogP contribution >= 0.6 is 0 Å². The lowest BCUT2D eigenvalue weighted by atomic mass is 10.1. The second-order valence-electron chi connectivity index (χ2n) is 5.28. The van der Waals surface area contributed by atoms with E-state index in [1.165, 1.54) is 10.8 Å². The summed E-state index contributed by atoms with van der Waals surface area (Å²) in [6.07, 6.45) is 1.87. The van der Waals surface area contributed by atoms with Crippen LogP contribution in [0.5, 0.6) is 11.5 Å². The van der Waals surface area contributed by atoms with Crippen LogP contribution in [0.25, 0.3) is 10.8 Å². The van der Waals surface area contributed by atoms with Crippen LogP contribution in [0.15, 0.2) is 85.1 Å². The number of hydrogen-bond donors (Lipinski definition) is 2. The van der Waals surface area contributed by atoms with E-state index in [4.69, 9.17) is 4.74 Å². The van der Waals surface area contributed by atoms with Gasteiger partial charge in [-0.1, -0.05) is 54.6 Å². The number of H-pyrrole nitrogens is 1. The van der Waals surface area contributed by atoms with E-state index in [1.807, 2.05) is 60.8 Å². The van der Waals surface area contributed by atoms with E-state index in [-0.39, 0.29) is 0 Å². The largest absolute Gasteiger partial charge is 0.453 e. The number of hydrogen-bond acceptors (Lipinski definition) is 2. The van der Waals surface area contributed by atoms with Crippen molar-refractivity contribution in [3.63, 3.8) is 0 Å². The second kappa shape index (κ2) is 5.89. The summed E-state index contributed by atoms with van der Waals surface area (Å²) in [5.74, 6) is 2.42. The third kappa shape index (κ3) is 2.77. The van der Waals surface area contributed by atoms with Crippen molar-refractivity contribution < 1.29 is 4.74 Å². The highest BCUT2D eigenvalue weighted by Gasteiger charge is 2.08. The molecule has 0 radical (unpaired) electrons. The molecule has 0 fully saturated rings. The molecule has 0 aliphatic carbocycles. The van der Waals surface area contributed by atoms with Crippen molar-refractivity contribution in [2.45, 2.75) is 0 Å². The maximum Gasteiger partial charge on any atom is 0.169 e. The molecule has 0 bridgehead atoms. The quantitative estimate of drug-likeness (QED) is 0.507. The Labute approximate surface area is 134 Å². The summed E-state index contributed by atoms with van der Waals surface area (Å²) < 4.78 is 5.94. The van der Waals surface area contributed by atoms with Crippen molar-refractivity contribution in [2.24, 2.45) is 0 Å². The summed E-state index contributed by atoms with van der Waals surface area (Å²) in [6.45, 7) is 0. The highest BCUT2D eigenvalue weighted by molar-refractivity contribution is 5.95. The van der Waals surface area contributed by atoms with Gasteiger partial charge >= 0.3 is 0 Å². The molecule has 0 atom stereocenters. The molecule has 112 valence electrons. The number of aromatic nitrogens is 1. The number of fused-ring (bicyclic) bond motifs is 1. The molecule has 4 rings (SSSR count). The third-order valence-electron chi connectivity index (χ3n) is 3.73. The summed E-state index contributed by atoms with van der Waals surface area (Å²) >= 11 is 0. The van der Waals surface area contributed by atoms with Gasteiger partial charge in [0.05, 0.1) is 0 Å². The topological polar surface area (TPSA) is 37.0 Å². The van der Waals surface area contributed by atoms with Crippen LogP contribution < -0.4 is 10.1 Å². The van der Waals surface area contributed by atoms with Crippen LogP contribution in [-0.4, -0.2) is 4.98 Å². The predicted octanol–water partition coefficient (Wildman–Crippen LogP) is 5.70. The Balaban J connectivity index is 1.66. The van der Waals surface area contributed by atoms with Gasteiger partial charge in [0.2, 0.25) is 0 Å². The van der Waals surface area contributed by atoms with Crippen LogP contribution in [0.1, 0.15) is 0 Å². The number of nitrogens with one attached hydrogen (secondary N) is 2. The zero-order chi connectivity index (χ0) is 15.5. The molecule has 0 amide bonds. The Hall–Kier alpha value is -3.20. The molecule has 0 saturated heterocycles. The average Bonchev–Trinajstić information content (AvgIpc) is 3.03. The molecule has 3 nitrogen and oxygen atoms in total. The number of anilines is 2. The summed E-state index contributed by atoms with van der Waals surface area (Å²) in [6, 6.07) is 26.2. The molecule has 0 spiro atoms. The average molecular weight is 300 g/mol. The van der Waals surface area contributed by atoms with Crippen molar-refractivity contribution in [3.05, 3.63) is 85.1 Å². The monoisotopic (exact) mass is 300 g/mol. The molecule has 23 heavy (non-hydrogen) atoms. The Morgan fingerprint density at radius 3 is 2.43 bits per heavy atom. The minimum absolute atomic E-state index is 0.768.